The molecule has 3 nitrogen and oxygen atoms in total. The Bertz CT molecular complexity index is 752. The van der Waals surface area contributed by atoms with Gasteiger partial charge in [-0.05, 0) is 13.8 Å². The zero-order chi connectivity index (χ0) is 17.5. The van der Waals surface area contributed by atoms with Gasteiger partial charge < -0.3 is 14.2 Å². The molecule has 130 valence electrons. The van der Waals surface area contributed by atoms with Crippen LogP contribution < -0.4 is 0 Å². The molecule has 6 rings (SSSR count). The summed E-state index contributed by atoms with van der Waals surface area (Å²) >= 11 is 0. The number of ether oxygens (including phenoxy) is 3. The van der Waals surface area contributed by atoms with Gasteiger partial charge in [-0.1, -0.05) is 74.5 Å². The van der Waals surface area contributed by atoms with Crippen molar-refractivity contribution in [3.63, 3.8) is 0 Å². The van der Waals surface area contributed by atoms with Crippen molar-refractivity contribution in [3.8, 4) is 0 Å². The predicted molar refractivity (Wildman–Crippen MR) is 94.6 cm³/mol. The normalized spacial score (nSPS) is 47.4. The largest absolute Gasteiger partial charge is 0.336 e. The van der Waals surface area contributed by atoms with Crippen molar-refractivity contribution in [1.82, 2.24) is 0 Å². The van der Waals surface area contributed by atoms with E-state index in [-0.39, 0.29) is 11.8 Å². The van der Waals surface area contributed by atoms with Gasteiger partial charge in [-0.15, -0.1) is 0 Å². The molecule has 0 saturated carbocycles. The highest BCUT2D eigenvalue weighted by molar-refractivity contribution is 5.36. The fourth-order valence-corrected chi connectivity index (χ4v) is 5.29. The van der Waals surface area contributed by atoms with E-state index in [4.69, 9.17) is 14.2 Å². The maximum Gasteiger partial charge on any atom is 0.204 e. The zero-order valence-corrected chi connectivity index (χ0v) is 15.2. The van der Waals surface area contributed by atoms with E-state index in [1.807, 2.05) is 36.4 Å². The van der Waals surface area contributed by atoms with Crippen molar-refractivity contribution in [1.29, 1.82) is 0 Å². The third kappa shape index (κ3) is 1.54. The Hall–Kier alpha value is -1.68. The van der Waals surface area contributed by atoms with Crippen LogP contribution in [0, 0.1) is 11.8 Å². The molecule has 4 aliphatic rings. The molecule has 25 heavy (non-hydrogen) atoms. The number of rotatable bonds is 2. The minimum atomic E-state index is -0.786. The second-order valence-corrected chi connectivity index (χ2v) is 8.03. The molecule has 0 N–H and O–H groups in total. The Labute approximate surface area is 148 Å². The second kappa shape index (κ2) is 4.53. The van der Waals surface area contributed by atoms with Gasteiger partial charge in [0.2, 0.25) is 11.6 Å². The van der Waals surface area contributed by atoms with Crippen LogP contribution in [0.2, 0.25) is 0 Å². The van der Waals surface area contributed by atoms with Gasteiger partial charge in [0.1, 0.15) is 11.2 Å². The third-order valence-corrected chi connectivity index (χ3v) is 7.16. The van der Waals surface area contributed by atoms with Gasteiger partial charge in [0.15, 0.2) is 0 Å². The first kappa shape index (κ1) is 15.6. The third-order valence-electron chi connectivity index (χ3n) is 7.16. The van der Waals surface area contributed by atoms with Crippen LogP contribution in [-0.2, 0) is 25.8 Å². The molecule has 0 spiro atoms. The smallest absolute Gasteiger partial charge is 0.204 e. The number of hydrogen-bond donors (Lipinski definition) is 0. The molecule has 2 aromatic rings. The average Bonchev–Trinajstić information content (AvgIpc) is 2.84. The molecule has 4 heterocycles. The second-order valence-electron chi connectivity index (χ2n) is 8.03. The van der Waals surface area contributed by atoms with Gasteiger partial charge in [-0.25, -0.2) is 0 Å². The minimum Gasteiger partial charge on any atom is -0.336 e. The molecular formula is C22H24O3. The van der Waals surface area contributed by atoms with Crippen molar-refractivity contribution >= 4 is 0 Å². The van der Waals surface area contributed by atoms with Crippen molar-refractivity contribution in [2.45, 2.75) is 50.5 Å². The van der Waals surface area contributed by atoms with Crippen LogP contribution in [0.1, 0.15) is 38.8 Å². The predicted octanol–water partition coefficient (Wildman–Crippen LogP) is 4.57. The van der Waals surface area contributed by atoms with E-state index in [1.54, 1.807) is 0 Å². The summed E-state index contributed by atoms with van der Waals surface area (Å²) < 4.78 is 20.3. The molecule has 4 saturated heterocycles. The summed E-state index contributed by atoms with van der Waals surface area (Å²) in [4.78, 5) is 0. The molecular weight excluding hydrogens is 312 g/mol. The lowest BCUT2D eigenvalue weighted by atomic mass is 9.72. The Morgan fingerprint density at radius 1 is 0.600 bits per heavy atom. The minimum absolute atomic E-state index is 0.0780. The molecule has 4 aliphatic heterocycles. The Kier molecular flexibility index (Phi) is 2.82. The number of hydrogen-bond acceptors (Lipinski definition) is 3. The molecule has 6 atom stereocenters. The van der Waals surface area contributed by atoms with E-state index in [1.165, 1.54) is 0 Å². The average molecular weight is 336 g/mol. The highest BCUT2D eigenvalue weighted by atomic mass is 16.9. The first-order valence-electron chi connectivity index (χ1n) is 9.11. The van der Waals surface area contributed by atoms with Crippen LogP contribution in [0.25, 0.3) is 0 Å². The summed E-state index contributed by atoms with van der Waals surface area (Å²) in [6, 6.07) is 20.6. The van der Waals surface area contributed by atoms with E-state index in [0.29, 0.717) is 0 Å². The lowest BCUT2D eigenvalue weighted by Gasteiger charge is -2.52. The number of benzene rings is 2. The monoisotopic (exact) mass is 336 g/mol. The Balaban J connectivity index is 1.76. The quantitative estimate of drug-likeness (QED) is 0.804. The van der Waals surface area contributed by atoms with E-state index >= 15 is 0 Å². The standard InChI is InChI=1S/C22H24O3/c1-15-19(3)20(4)16(2)22(23-19,18-13-9-6-10-14-18)25-21(15,24-20)17-11-7-5-8-12-17/h5-16H,1-4H3/t15-,16-,19-,20-,21-,22-/m1/s1. The zero-order valence-electron chi connectivity index (χ0n) is 15.2. The van der Waals surface area contributed by atoms with E-state index < -0.39 is 22.8 Å². The molecule has 0 unspecified atom stereocenters. The first-order chi connectivity index (χ1) is 11.9. The van der Waals surface area contributed by atoms with Gasteiger partial charge in [0.25, 0.3) is 0 Å². The fourth-order valence-electron chi connectivity index (χ4n) is 5.29. The van der Waals surface area contributed by atoms with Gasteiger partial charge in [0, 0.05) is 23.0 Å². The molecule has 0 aliphatic carbocycles. The van der Waals surface area contributed by atoms with E-state index in [0.717, 1.165) is 11.1 Å². The molecule has 4 bridgehead atoms. The first-order valence-corrected chi connectivity index (χ1v) is 9.11. The summed E-state index contributed by atoms with van der Waals surface area (Å²) in [6.45, 7) is 8.74. The van der Waals surface area contributed by atoms with Gasteiger partial charge in [-0.2, -0.15) is 0 Å². The Morgan fingerprint density at radius 2 is 0.960 bits per heavy atom. The molecule has 2 aromatic carbocycles. The van der Waals surface area contributed by atoms with Crippen LogP contribution in [0.3, 0.4) is 0 Å². The lowest BCUT2D eigenvalue weighted by Crippen LogP contribution is -2.56. The fraction of sp³-hybridized carbons (Fsp3) is 0.455. The maximum atomic E-state index is 6.80. The van der Waals surface area contributed by atoms with Crippen LogP contribution in [0.15, 0.2) is 60.7 Å². The highest BCUT2D eigenvalue weighted by Crippen LogP contribution is 2.74. The van der Waals surface area contributed by atoms with E-state index in [2.05, 4.69) is 52.0 Å². The maximum absolute atomic E-state index is 6.80. The van der Waals surface area contributed by atoms with Crippen molar-refractivity contribution in [3.05, 3.63) is 71.8 Å². The van der Waals surface area contributed by atoms with Crippen molar-refractivity contribution in [2.24, 2.45) is 11.8 Å². The molecule has 0 amide bonds. The van der Waals surface area contributed by atoms with Crippen LogP contribution >= 0.6 is 0 Å². The summed E-state index contributed by atoms with van der Waals surface area (Å²) in [5, 5.41) is 0. The van der Waals surface area contributed by atoms with Crippen molar-refractivity contribution < 1.29 is 14.2 Å². The Morgan fingerprint density at radius 3 is 1.32 bits per heavy atom. The van der Waals surface area contributed by atoms with Gasteiger partial charge in [0.05, 0.1) is 0 Å². The topological polar surface area (TPSA) is 27.7 Å². The van der Waals surface area contributed by atoms with Crippen LogP contribution in [-0.4, -0.2) is 11.2 Å². The van der Waals surface area contributed by atoms with Gasteiger partial charge >= 0.3 is 0 Å². The summed E-state index contributed by atoms with van der Waals surface area (Å²) in [6.07, 6.45) is 0. The van der Waals surface area contributed by atoms with Crippen LogP contribution in [0.5, 0.6) is 0 Å². The lowest BCUT2D eigenvalue weighted by molar-refractivity contribution is -0.445. The summed E-state index contributed by atoms with van der Waals surface area (Å²) in [5.74, 6) is -1.42. The molecule has 0 aromatic heterocycles. The molecule has 4 fully saturated rings. The van der Waals surface area contributed by atoms with Crippen LogP contribution in [0.4, 0.5) is 0 Å². The van der Waals surface area contributed by atoms with Gasteiger partial charge in [-0.3, -0.25) is 0 Å². The van der Waals surface area contributed by atoms with Crippen molar-refractivity contribution in [2.75, 3.05) is 0 Å². The van der Waals surface area contributed by atoms with E-state index in [9.17, 15) is 0 Å². The molecule has 3 heteroatoms. The summed E-state index contributed by atoms with van der Waals surface area (Å²) in [7, 11) is 0. The molecule has 0 radical (unpaired) electrons. The highest BCUT2D eigenvalue weighted by Gasteiger charge is 2.84. The SMILES string of the molecule is C[C@H]1[C@]2(c3ccccc3)O[C@]3(c4ccccc4)O[C@@]1(C)[C@](C)(O2)[C@H]3C. The summed E-state index contributed by atoms with van der Waals surface area (Å²) in [5.41, 5.74) is 1.29.